The Kier molecular flexibility index (Phi) is 6.98. The summed E-state index contributed by atoms with van der Waals surface area (Å²) in [6, 6.07) is 0.717. The Morgan fingerprint density at radius 1 is 1.33 bits per heavy atom. The largest absolute Gasteiger partial charge is 0.380 e. The van der Waals surface area contributed by atoms with Crippen molar-refractivity contribution in [2.24, 2.45) is 5.73 Å². The van der Waals surface area contributed by atoms with Crippen LogP contribution in [0.1, 0.15) is 39.0 Å². The molecule has 1 aliphatic rings. The van der Waals surface area contributed by atoms with Crippen molar-refractivity contribution in [1.29, 1.82) is 0 Å². The van der Waals surface area contributed by atoms with Gasteiger partial charge in [-0.2, -0.15) is 0 Å². The average Bonchev–Trinajstić information content (AvgIpc) is 2.27. The Bertz CT molecular complexity index is 151. The van der Waals surface area contributed by atoms with E-state index in [0.717, 1.165) is 39.1 Å². The van der Waals surface area contributed by atoms with E-state index in [1.807, 2.05) is 0 Å². The molecule has 2 N–H and O–H groups in total. The van der Waals surface area contributed by atoms with E-state index in [4.69, 9.17) is 10.5 Å². The van der Waals surface area contributed by atoms with Crippen molar-refractivity contribution < 1.29 is 4.74 Å². The van der Waals surface area contributed by atoms with E-state index in [1.165, 1.54) is 25.8 Å². The lowest BCUT2D eigenvalue weighted by Crippen LogP contribution is -2.42. The summed E-state index contributed by atoms with van der Waals surface area (Å²) in [4.78, 5) is 2.56. The summed E-state index contributed by atoms with van der Waals surface area (Å²) < 4.78 is 5.54. The zero-order valence-electron chi connectivity index (χ0n) is 10.1. The highest BCUT2D eigenvalue weighted by atomic mass is 16.5. The van der Waals surface area contributed by atoms with Gasteiger partial charge in [0.2, 0.25) is 0 Å². The van der Waals surface area contributed by atoms with Crippen LogP contribution in [-0.4, -0.2) is 43.8 Å². The molecule has 1 rings (SSSR count). The van der Waals surface area contributed by atoms with Crippen LogP contribution in [0.2, 0.25) is 0 Å². The molecule has 1 unspecified atom stereocenters. The highest BCUT2D eigenvalue weighted by Gasteiger charge is 2.20. The third kappa shape index (κ3) is 4.96. The summed E-state index contributed by atoms with van der Waals surface area (Å²) in [6.45, 7) is 7.07. The van der Waals surface area contributed by atoms with Gasteiger partial charge >= 0.3 is 0 Å². The monoisotopic (exact) mass is 214 g/mol. The van der Waals surface area contributed by atoms with Gasteiger partial charge in [0.25, 0.3) is 0 Å². The number of ether oxygens (including phenoxy) is 1. The summed E-state index contributed by atoms with van der Waals surface area (Å²) in [7, 11) is 0. The van der Waals surface area contributed by atoms with Crippen LogP contribution in [0.25, 0.3) is 0 Å². The standard InChI is InChI=1S/C12H26N2O/c1-2-10-15-11-9-14-8-4-3-5-12(14)6-7-13/h12H,2-11,13H2,1H3. The van der Waals surface area contributed by atoms with Crippen LogP contribution in [0.3, 0.4) is 0 Å². The molecule has 90 valence electrons. The molecule has 3 nitrogen and oxygen atoms in total. The van der Waals surface area contributed by atoms with E-state index in [1.54, 1.807) is 0 Å². The van der Waals surface area contributed by atoms with Crippen LogP contribution in [-0.2, 0) is 4.74 Å². The van der Waals surface area contributed by atoms with E-state index in [2.05, 4.69) is 11.8 Å². The molecule has 1 atom stereocenters. The Morgan fingerprint density at radius 3 is 2.93 bits per heavy atom. The van der Waals surface area contributed by atoms with Crippen molar-refractivity contribution in [3.8, 4) is 0 Å². The zero-order chi connectivity index (χ0) is 10.9. The quantitative estimate of drug-likeness (QED) is 0.654. The second-order valence-corrected chi connectivity index (χ2v) is 4.38. The van der Waals surface area contributed by atoms with Crippen LogP contribution in [0, 0.1) is 0 Å². The van der Waals surface area contributed by atoms with Gasteiger partial charge in [0.05, 0.1) is 6.61 Å². The molecule has 1 heterocycles. The highest BCUT2D eigenvalue weighted by Crippen LogP contribution is 2.18. The van der Waals surface area contributed by atoms with Gasteiger partial charge in [0.15, 0.2) is 0 Å². The van der Waals surface area contributed by atoms with Crippen LogP contribution in [0.15, 0.2) is 0 Å². The van der Waals surface area contributed by atoms with E-state index in [9.17, 15) is 0 Å². The maximum absolute atomic E-state index is 5.64. The fraction of sp³-hybridized carbons (Fsp3) is 1.00. The van der Waals surface area contributed by atoms with Gasteiger partial charge < -0.3 is 10.5 Å². The van der Waals surface area contributed by atoms with E-state index in [-0.39, 0.29) is 0 Å². The van der Waals surface area contributed by atoms with Crippen molar-refractivity contribution in [3.05, 3.63) is 0 Å². The lowest BCUT2D eigenvalue weighted by molar-refractivity contribution is 0.0700. The molecule has 0 aromatic carbocycles. The number of likely N-dealkylation sites (tertiary alicyclic amines) is 1. The third-order valence-electron chi connectivity index (χ3n) is 3.12. The number of nitrogens with zero attached hydrogens (tertiary/aromatic N) is 1. The maximum Gasteiger partial charge on any atom is 0.0593 e. The normalized spacial score (nSPS) is 23.2. The number of hydrogen-bond donors (Lipinski definition) is 1. The fourth-order valence-corrected chi connectivity index (χ4v) is 2.30. The van der Waals surface area contributed by atoms with Gasteiger partial charge in [-0.05, 0) is 38.8 Å². The minimum Gasteiger partial charge on any atom is -0.380 e. The second kappa shape index (κ2) is 8.08. The molecule has 0 aromatic rings. The Morgan fingerprint density at radius 2 is 2.20 bits per heavy atom. The molecule has 0 spiro atoms. The molecule has 3 heteroatoms. The second-order valence-electron chi connectivity index (χ2n) is 4.38. The number of rotatable bonds is 7. The maximum atomic E-state index is 5.64. The van der Waals surface area contributed by atoms with Gasteiger partial charge in [-0.25, -0.2) is 0 Å². The van der Waals surface area contributed by atoms with Crippen LogP contribution in [0.5, 0.6) is 0 Å². The van der Waals surface area contributed by atoms with E-state index >= 15 is 0 Å². The lowest BCUT2D eigenvalue weighted by atomic mass is 9.99. The number of nitrogens with two attached hydrogens (primary N) is 1. The Hall–Kier alpha value is -0.120. The zero-order valence-corrected chi connectivity index (χ0v) is 10.1. The van der Waals surface area contributed by atoms with Gasteiger partial charge in [-0.15, -0.1) is 0 Å². The summed E-state index contributed by atoms with van der Waals surface area (Å²) in [5.74, 6) is 0. The van der Waals surface area contributed by atoms with Gasteiger partial charge in [0.1, 0.15) is 0 Å². The molecular formula is C12H26N2O. The number of piperidine rings is 1. The first kappa shape index (κ1) is 12.9. The summed E-state index contributed by atoms with van der Waals surface area (Å²) >= 11 is 0. The van der Waals surface area contributed by atoms with Gasteiger partial charge in [-0.3, -0.25) is 4.90 Å². The molecule has 1 saturated heterocycles. The first-order valence-corrected chi connectivity index (χ1v) is 6.40. The molecule has 0 bridgehead atoms. The minimum absolute atomic E-state index is 0.717. The van der Waals surface area contributed by atoms with Crippen LogP contribution >= 0.6 is 0 Å². The summed E-state index contributed by atoms with van der Waals surface area (Å²) in [5.41, 5.74) is 5.64. The summed E-state index contributed by atoms with van der Waals surface area (Å²) in [6.07, 6.45) is 6.30. The summed E-state index contributed by atoms with van der Waals surface area (Å²) in [5, 5.41) is 0. The third-order valence-corrected chi connectivity index (χ3v) is 3.12. The molecule has 15 heavy (non-hydrogen) atoms. The van der Waals surface area contributed by atoms with Crippen molar-refractivity contribution in [2.45, 2.75) is 45.1 Å². The molecule has 0 saturated carbocycles. The smallest absolute Gasteiger partial charge is 0.0593 e. The number of hydrogen-bond acceptors (Lipinski definition) is 3. The molecule has 0 amide bonds. The van der Waals surface area contributed by atoms with E-state index in [0.29, 0.717) is 6.04 Å². The SMILES string of the molecule is CCCOCCN1CCCCC1CCN. The Balaban J connectivity index is 2.17. The topological polar surface area (TPSA) is 38.5 Å². The molecule has 0 aliphatic carbocycles. The Labute approximate surface area is 94.0 Å². The van der Waals surface area contributed by atoms with Crippen molar-refractivity contribution in [2.75, 3.05) is 32.8 Å². The first-order valence-electron chi connectivity index (χ1n) is 6.40. The van der Waals surface area contributed by atoms with E-state index < -0.39 is 0 Å². The molecular weight excluding hydrogens is 188 g/mol. The van der Waals surface area contributed by atoms with Crippen molar-refractivity contribution >= 4 is 0 Å². The van der Waals surface area contributed by atoms with Crippen LogP contribution in [0.4, 0.5) is 0 Å². The molecule has 0 aromatic heterocycles. The fourth-order valence-electron chi connectivity index (χ4n) is 2.30. The molecule has 1 aliphatic heterocycles. The van der Waals surface area contributed by atoms with Crippen LogP contribution < -0.4 is 5.73 Å². The van der Waals surface area contributed by atoms with Crippen molar-refractivity contribution in [3.63, 3.8) is 0 Å². The predicted octanol–water partition coefficient (Wildman–Crippen LogP) is 1.62. The van der Waals surface area contributed by atoms with Gasteiger partial charge in [0, 0.05) is 19.2 Å². The first-order chi connectivity index (χ1) is 7.38. The minimum atomic E-state index is 0.717. The molecule has 0 radical (unpaired) electrons. The predicted molar refractivity (Wildman–Crippen MR) is 64.0 cm³/mol. The average molecular weight is 214 g/mol. The molecule has 1 fully saturated rings. The van der Waals surface area contributed by atoms with Gasteiger partial charge in [-0.1, -0.05) is 13.3 Å². The highest BCUT2D eigenvalue weighted by molar-refractivity contribution is 4.76. The lowest BCUT2D eigenvalue weighted by Gasteiger charge is -2.35. The van der Waals surface area contributed by atoms with Crippen molar-refractivity contribution in [1.82, 2.24) is 4.90 Å².